The number of anilines is 4. The zero-order chi connectivity index (χ0) is 35.2. The molecule has 0 aliphatic carbocycles. The Hall–Kier alpha value is -5.26. The number of nitrogens with zero attached hydrogens (tertiary/aromatic N) is 3. The zero-order valence-corrected chi connectivity index (χ0v) is 29.0. The predicted octanol–water partition coefficient (Wildman–Crippen LogP) is 8.00. The molecule has 3 heterocycles. The lowest BCUT2D eigenvalue weighted by Gasteiger charge is -2.28. The highest BCUT2D eigenvalue weighted by molar-refractivity contribution is 6.31. The summed E-state index contributed by atoms with van der Waals surface area (Å²) >= 11 is 12.4. The fourth-order valence-corrected chi connectivity index (χ4v) is 6.30. The number of rotatable bonds is 11. The third-order valence-corrected chi connectivity index (χ3v) is 9.00. The lowest BCUT2D eigenvalue weighted by atomic mass is 10.1. The summed E-state index contributed by atoms with van der Waals surface area (Å²) in [4.78, 5) is 37.7. The molecule has 1 aliphatic heterocycles. The number of aromatic nitrogens is 2. The number of ether oxygens (including phenoxy) is 2. The van der Waals surface area contributed by atoms with Crippen molar-refractivity contribution in [3.05, 3.63) is 130 Å². The van der Waals surface area contributed by atoms with Crippen LogP contribution in [0.2, 0.25) is 10.0 Å². The summed E-state index contributed by atoms with van der Waals surface area (Å²) < 4.78 is 11.4. The molecule has 3 N–H and O–H groups in total. The second kappa shape index (κ2) is 15.7. The number of morpholine rings is 1. The minimum atomic E-state index is -0.233. The molecule has 7 rings (SSSR count). The van der Waals surface area contributed by atoms with Gasteiger partial charge in [0.1, 0.15) is 0 Å². The second-order valence-electron chi connectivity index (χ2n) is 11.9. The number of para-hydroxylation sites is 1. The van der Waals surface area contributed by atoms with E-state index in [4.69, 9.17) is 32.7 Å². The van der Waals surface area contributed by atoms with Crippen LogP contribution in [0.3, 0.4) is 0 Å². The molecule has 0 spiro atoms. The first kappa shape index (κ1) is 34.2. The minimum absolute atomic E-state index is 0.0906. The number of fused-ring (bicyclic) bond motifs is 2. The molecule has 1 fully saturated rings. The number of hydrogen-bond acceptors (Lipinski definition) is 8. The molecule has 1 aliphatic rings. The summed E-state index contributed by atoms with van der Waals surface area (Å²) in [6.45, 7) is 2.85. The highest BCUT2D eigenvalue weighted by Crippen LogP contribution is 2.31. The summed E-state index contributed by atoms with van der Waals surface area (Å²) in [5.74, 6) is -0.324. The van der Waals surface area contributed by atoms with E-state index < -0.39 is 0 Å². The van der Waals surface area contributed by atoms with E-state index in [-0.39, 0.29) is 25.0 Å². The molecule has 0 saturated carbocycles. The van der Waals surface area contributed by atoms with E-state index in [2.05, 4.69) is 25.9 Å². The van der Waals surface area contributed by atoms with Gasteiger partial charge in [-0.05, 0) is 78.4 Å². The zero-order valence-electron chi connectivity index (χ0n) is 27.5. The van der Waals surface area contributed by atoms with Crippen LogP contribution in [-0.4, -0.2) is 66.1 Å². The summed E-state index contributed by atoms with van der Waals surface area (Å²) in [5, 5.41) is 12.8. The number of nitrogens with one attached hydrogen (secondary N) is 3. The monoisotopic (exact) mass is 720 g/mol. The van der Waals surface area contributed by atoms with Crippen molar-refractivity contribution >= 4 is 79.6 Å². The number of benzene rings is 4. The van der Waals surface area contributed by atoms with Crippen molar-refractivity contribution in [1.82, 2.24) is 20.2 Å². The van der Waals surface area contributed by atoms with Gasteiger partial charge in [-0.3, -0.25) is 19.6 Å². The van der Waals surface area contributed by atoms with Gasteiger partial charge in [0.2, 0.25) is 0 Å². The van der Waals surface area contributed by atoms with Gasteiger partial charge in [-0.15, -0.1) is 0 Å². The molecule has 4 aromatic carbocycles. The second-order valence-corrected chi connectivity index (χ2v) is 12.8. The maximum absolute atomic E-state index is 13.8. The fourth-order valence-electron chi connectivity index (χ4n) is 5.97. The topological polar surface area (TPSA) is 118 Å². The molecular formula is C39H34Cl2N6O4. The average Bonchev–Trinajstić information content (AvgIpc) is 3.15. The van der Waals surface area contributed by atoms with E-state index in [0.717, 1.165) is 38.7 Å². The number of halogens is 2. The minimum Gasteiger partial charge on any atom is -0.378 e. The largest absolute Gasteiger partial charge is 0.378 e. The number of carbonyl (C=O) groups is 2. The first-order valence-corrected chi connectivity index (χ1v) is 17.3. The summed E-state index contributed by atoms with van der Waals surface area (Å²) in [6, 6.07) is 27.8. The van der Waals surface area contributed by atoms with Gasteiger partial charge in [-0.25, -0.2) is 0 Å². The van der Waals surface area contributed by atoms with E-state index in [0.29, 0.717) is 65.4 Å². The van der Waals surface area contributed by atoms with Gasteiger partial charge in [-0.2, -0.15) is 0 Å². The van der Waals surface area contributed by atoms with Crippen LogP contribution in [-0.2, 0) is 16.1 Å². The van der Waals surface area contributed by atoms with Crippen molar-refractivity contribution in [3.8, 4) is 0 Å². The van der Waals surface area contributed by atoms with Crippen LogP contribution in [0.4, 0.5) is 22.7 Å². The Morgan fingerprint density at radius 2 is 1.35 bits per heavy atom. The van der Waals surface area contributed by atoms with Crippen molar-refractivity contribution in [3.63, 3.8) is 0 Å². The number of amides is 2. The van der Waals surface area contributed by atoms with Crippen molar-refractivity contribution in [2.24, 2.45) is 0 Å². The molecule has 0 unspecified atom stereocenters. The van der Waals surface area contributed by atoms with Gasteiger partial charge >= 0.3 is 0 Å². The average molecular weight is 722 g/mol. The van der Waals surface area contributed by atoms with Crippen molar-refractivity contribution in [1.29, 1.82) is 0 Å². The van der Waals surface area contributed by atoms with Gasteiger partial charge in [-0.1, -0.05) is 41.4 Å². The maximum Gasteiger partial charge on any atom is 0.256 e. The van der Waals surface area contributed by atoms with Crippen LogP contribution >= 0.6 is 23.2 Å². The van der Waals surface area contributed by atoms with Crippen LogP contribution in [0, 0.1) is 0 Å². The van der Waals surface area contributed by atoms with Crippen LogP contribution in [0.25, 0.3) is 21.8 Å². The van der Waals surface area contributed by atoms with E-state index >= 15 is 0 Å². The molecule has 6 aromatic rings. The Kier molecular flexibility index (Phi) is 10.6. The van der Waals surface area contributed by atoms with Gasteiger partial charge < -0.3 is 30.3 Å². The van der Waals surface area contributed by atoms with Crippen LogP contribution in [0.5, 0.6) is 0 Å². The van der Waals surface area contributed by atoms with Gasteiger partial charge in [0, 0.05) is 64.2 Å². The van der Waals surface area contributed by atoms with Crippen molar-refractivity contribution < 1.29 is 19.1 Å². The standard InChI is InChI=1S/C39H34Cl2N6O4/c40-26-6-8-28-34(11-13-42-36(28)22-26)45-32-4-2-1-3-30(32)38(48)44-15-18-51-24-25-5-10-33(31(21-25)39(49)47-16-19-50-20-17-47)46-35-12-14-43-37-23-27(41)7-9-29(35)37/h1-14,21-23H,15-20,24H2,(H,42,45)(H,43,46)(H,44,48). The van der Waals surface area contributed by atoms with E-state index in [9.17, 15) is 9.59 Å². The Morgan fingerprint density at radius 3 is 2.02 bits per heavy atom. The predicted molar refractivity (Wildman–Crippen MR) is 202 cm³/mol. The lowest BCUT2D eigenvalue weighted by molar-refractivity contribution is 0.0303. The third-order valence-electron chi connectivity index (χ3n) is 8.53. The molecule has 12 heteroatoms. The molecule has 0 atom stereocenters. The number of pyridine rings is 2. The normalized spacial score (nSPS) is 12.9. The molecular weight excluding hydrogens is 687 g/mol. The highest BCUT2D eigenvalue weighted by atomic mass is 35.5. The van der Waals surface area contributed by atoms with Gasteiger partial charge in [0.15, 0.2) is 0 Å². The molecule has 1 saturated heterocycles. The van der Waals surface area contributed by atoms with Gasteiger partial charge in [0.25, 0.3) is 11.8 Å². The molecule has 0 radical (unpaired) electrons. The Morgan fingerprint density at radius 1 is 0.725 bits per heavy atom. The maximum atomic E-state index is 13.8. The molecule has 10 nitrogen and oxygen atoms in total. The summed E-state index contributed by atoms with van der Waals surface area (Å²) in [6.07, 6.45) is 3.41. The molecule has 258 valence electrons. The number of hydrogen-bond donors (Lipinski definition) is 3. The van der Waals surface area contributed by atoms with Crippen LogP contribution in [0.1, 0.15) is 26.3 Å². The van der Waals surface area contributed by atoms with E-state index in [1.54, 1.807) is 29.4 Å². The first-order chi connectivity index (χ1) is 24.9. The molecule has 0 bridgehead atoms. The summed E-state index contributed by atoms with van der Waals surface area (Å²) in [7, 11) is 0. The molecule has 51 heavy (non-hydrogen) atoms. The van der Waals surface area contributed by atoms with Crippen LogP contribution < -0.4 is 16.0 Å². The fraction of sp³-hybridized carbons (Fsp3) is 0.179. The Labute approximate surface area is 304 Å². The molecule has 2 amide bonds. The van der Waals surface area contributed by atoms with Crippen molar-refractivity contribution in [2.45, 2.75) is 6.61 Å². The first-order valence-electron chi connectivity index (χ1n) is 16.5. The number of carbonyl (C=O) groups excluding carboxylic acids is 2. The quantitative estimate of drug-likeness (QED) is 0.115. The summed E-state index contributed by atoms with van der Waals surface area (Å²) in [5.41, 5.74) is 6.30. The lowest BCUT2D eigenvalue weighted by Crippen LogP contribution is -2.40. The van der Waals surface area contributed by atoms with Crippen molar-refractivity contribution in [2.75, 3.05) is 50.1 Å². The Bertz CT molecular complexity index is 2230. The van der Waals surface area contributed by atoms with Gasteiger partial charge in [0.05, 0.1) is 60.0 Å². The Balaban J connectivity index is 1.00. The third kappa shape index (κ3) is 8.05. The van der Waals surface area contributed by atoms with E-state index in [1.807, 2.05) is 78.9 Å². The highest BCUT2D eigenvalue weighted by Gasteiger charge is 2.22. The SMILES string of the molecule is O=C(NCCOCc1ccc(Nc2ccnc3cc(Cl)ccc23)c(C(=O)N2CCOCC2)c1)c1ccccc1Nc1ccnc2cc(Cl)ccc12. The van der Waals surface area contributed by atoms with Crippen LogP contribution in [0.15, 0.2) is 103 Å². The van der Waals surface area contributed by atoms with E-state index in [1.165, 1.54) is 0 Å². The molecule has 2 aromatic heterocycles. The smallest absolute Gasteiger partial charge is 0.256 e.